The van der Waals surface area contributed by atoms with Gasteiger partial charge in [0.2, 0.25) is 0 Å². The molecule has 1 unspecified atom stereocenters. The summed E-state index contributed by atoms with van der Waals surface area (Å²) in [6, 6.07) is 9.20. The summed E-state index contributed by atoms with van der Waals surface area (Å²) in [4.78, 5) is 14.2. The van der Waals surface area contributed by atoms with Crippen molar-refractivity contribution in [3.63, 3.8) is 0 Å². The molecular formula is C14H19NO2. The highest BCUT2D eigenvalue weighted by atomic mass is 16.5. The molecule has 17 heavy (non-hydrogen) atoms. The van der Waals surface area contributed by atoms with Crippen molar-refractivity contribution in [2.24, 2.45) is 5.92 Å². The Morgan fingerprint density at radius 1 is 1.35 bits per heavy atom. The van der Waals surface area contributed by atoms with Gasteiger partial charge >= 0.3 is 5.97 Å². The van der Waals surface area contributed by atoms with Crippen LogP contribution in [0.3, 0.4) is 0 Å². The zero-order valence-electron chi connectivity index (χ0n) is 10.4. The molecule has 0 N–H and O–H groups in total. The second kappa shape index (κ2) is 5.32. The van der Waals surface area contributed by atoms with E-state index in [1.165, 1.54) is 0 Å². The first-order chi connectivity index (χ1) is 8.16. The lowest BCUT2D eigenvalue weighted by Crippen LogP contribution is -2.41. The van der Waals surface area contributed by atoms with Gasteiger partial charge in [-0.15, -0.1) is 0 Å². The zero-order chi connectivity index (χ0) is 12.3. The average Bonchev–Trinajstić information content (AvgIpc) is 2.34. The summed E-state index contributed by atoms with van der Waals surface area (Å²) in [6.45, 7) is 4.13. The standard InChI is InChI=1S/C14H19NO2/c1-11-10-15(2)9-8-13(11)17-14(16)12-6-4-3-5-7-12/h3-7,11,13H,8-10H2,1-2H3/t11?,13-/m1/s1. The van der Waals surface area contributed by atoms with E-state index in [0.29, 0.717) is 11.5 Å². The van der Waals surface area contributed by atoms with E-state index in [1.807, 2.05) is 18.2 Å². The Morgan fingerprint density at radius 2 is 2.06 bits per heavy atom. The number of carbonyl (C=O) groups is 1. The molecular weight excluding hydrogens is 214 g/mol. The summed E-state index contributed by atoms with van der Waals surface area (Å²) in [6.07, 6.45) is 0.981. The van der Waals surface area contributed by atoms with Crippen LogP contribution in [0, 0.1) is 5.92 Å². The minimum atomic E-state index is -0.202. The quantitative estimate of drug-likeness (QED) is 0.733. The Kier molecular flexibility index (Phi) is 3.79. The fourth-order valence-electron chi connectivity index (χ4n) is 2.29. The van der Waals surface area contributed by atoms with Crippen LogP contribution in [-0.2, 0) is 4.74 Å². The van der Waals surface area contributed by atoms with Gasteiger partial charge in [-0.2, -0.15) is 0 Å². The maximum Gasteiger partial charge on any atom is 0.338 e. The number of esters is 1. The molecule has 0 saturated carbocycles. The molecule has 2 atom stereocenters. The number of nitrogens with zero attached hydrogens (tertiary/aromatic N) is 1. The predicted molar refractivity (Wildman–Crippen MR) is 66.9 cm³/mol. The number of carbonyl (C=O) groups excluding carboxylic acids is 1. The van der Waals surface area contributed by atoms with Crippen LogP contribution in [0.4, 0.5) is 0 Å². The minimum Gasteiger partial charge on any atom is -0.458 e. The molecule has 1 fully saturated rings. The highest BCUT2D eigenvalue weighted by molar-refractivity contribution is 5.89. The van der Waals surface area contributed by atoms with Crippen LogP contribution >= 0.6 is 0 Å². The molecule has 0 bridgehead atoms. The van der Waals surface area contributed by atoms with Crippen LogP contribution in [-0.4, -0.2) is 37.1 Å². The molecule has 0 radical (unpaired) electrons. The van der Waals surface area contributed by atoms with E-state index in [-0.39, 0.29) is 12.1 Å². The van der Waals surface area contributed by atoms with E-state index < -0.39 is 0 Å². The summed E-state index contributed by atoms with van der Waals surface area (Å²) < 4.78 is 5.57. The number of benzene rings is 1. The van der Waals surface area contributed by atoms with Gasteiger partial charge in [-0.25, -0.2) is 4.79 Å². The summed E-state index contributed by atoms with van der Waals surface area (Å²) in [5, 5.41) is 0. The summed E-state index contributed by atoms with van der Waals surface area (Å²) in [5.74, 6) is 0.202. The molecule has 2 rings (SSSR count). The molecule has 0 aromatic heterocycles. The van der Waals surface area contributed by atoms with Crippen molar-refractivity contribution in [1.29, 1.82) is 0 Å². The Balaban J connectivity index is 1.95. The van der Waals surface area contributed by atoms with Crippen LogP contribution in [0.25, 0.3) is 0 Å². The van der Waals surface area contributed by atoms with Gasteiger partial charge in [0.15, 0.2) is 0 Å². The number of likely N-dealkylation sites (tertiary alicyclic amines) is 1. The molecule has 0 spiro atoms. The minimum absolute atomic E-state index is 0.0545. The van der Waals surface area contributed by atoms with Gasteiger partial charge in [0.25, 0.3) is 0 Å². The van der Waals surface area contributed by atoms with E-state index in [1.54, 1.807) is 12.1 Å². The first kappa shape index (κ1) is 12.1. The van der Waals surface area contributed by atoms with Crippen LogP contribution in [0.1, 0.15) is 23.7 Å². The molecule has 0 amide bonds. The smallest absolute Gasteiger partial charge is 0.338 e. The molecule has 1 aliphatic rings. The first-order valence-corrected chi connectivity index (χ1v) is 6.11. The van der Waals surface area contributed by atoms with Crippen LogP contribution < -0.4 is 0 Å². The molecule has 92 valence electrons. The monoisotopic (exact) mass is 233 g/mol. The maximum absolute atomic E-state index is 11.9. The van der Waals surface area contributed by atoms with E-state index in [4.69, 9.17) is 4.74 Å². The third kappa shape index (κ3) is 3.07. The lowest BCUT2D eigenvalue weighted by atomic mass is 9.97. The van der Waals surface area contributed by atoms with Crippen molar-refractivity contribution in [3.8, 4) is 0 Å². The van der Waals surface area contributed by atoms with Crippen molar-refractivity contribution in [2.75, 3.05) is 20.1 Å². The molecule has 1 aromatic rings. The molecule has 1 aromatic carbocycles. The van der Waals surface area contributed by atoms with Gasteiger partial charge < -0.3 is 9.64 Å². The van der Waals surface area contributed by atoms with Gasteiger partial charge in [0, 0.05) is 19.0 Å². The normalized spacial score (nSPS) is 25.5. The number of hydrogen-bond donors (Lipinski definition) is 0. The van der Waals surface area contributed by atoms with Gasteiger partial charge in [-0.3, -0.25) is 0 Å². The second-order valence-corrected chi connectivity index (χ2v) is 4.84. The summed E-state index contributed by atoms with van der Waals surface area (Å²) in [7, 11) is 2.10. The summed E-state index contributed by atoms with van der Waals surface area (Å²) in [5.41, 5.74) is 0.638. The van der Waals surface area contributed by atoms with E-state index >= 15 is 0 Å². The molecule has 3 heteroatoms. The highest BCUT2D eigenvalue weighted by Gasteiger charge is 2.27. The van der Waals surface area contributed by atoms with Gasteiger partial charge in [0.1, 0.15) is 6.10 Å². The van der Waals surface area contributed by atoms with Crippen molar-refractivity contribution < 1.29 is 9.53 Å². The molecule has 1 heterocycles. The lowest BCUT2D eigenvalue weighted by Gasteiger charge is -2.34. The van der Waals surface area contributed by atoms with E-state index in [0.717, 1.165) is 19.5 Å². The van der Waals surface area contributed by atoms with Gasteiger partial charge in [0.05, 0.1) is 5.56 Å². The van der Waals surface area contributed by atoms with Crippen molar-refractivity contribution >= 4 is 5.97 Å². The maximum atomic E-state index is 11.9. The topological polar surface area (TPSA) is 29.5 Å². The average molecular weight is 233 g/mol. The van der Waals surface area contributed by atoms with Gasteiger partial charge in [-0.05, 0) is 25.6 Å². The number of rotatable bonds is 2. The molecule has 1 aliphatic heterocycles. The number of piperidine rings is 1. The lowest BCUT2D eigenvalue weighted by molar-refractivity contribution is -0.00663. The predicted octanol–water partition coefficient (Wildman–Crippen LogP) is 2.18. The fourth-order valence-corrected chi connectivity index (χ4v) is 2.29. The largest absolute Gasteiger partial charge is 0.458 e. The third-order valence-corrected chi connectivity index (χ3v) is 3.30. The summed E-state index contributed by atoms with van der Waals surface area (Å²) >= 11 is 0. The van der Waals surface area contributed by atoms with Gasteiger partial charge in [-0.1, -0.05) is 25.1 Å². The Labute approximate surface area is 102 Å². The molecule has 3 nitrogen and oxygen atoms in total. The van der Waals surface area contributed by atoms with Crippen molar-refractivity contribution in [2.45, 2.75) is 19.4 Å². The highest BCUT2D eigenvalue weighted by Crippen LogP contribution is 2.20. The van der Waals surface area contributed by atoms with Crippen molar-refractivity contribution in [1.82, 2.24) is 4.90 Å². The Hall–Kier alpha value is -1.35. The number of hydrogen-bond acceptors (Lipinski definition) is 3. The van der Waals surface area contributed by atoms with E-state index in [2.05, 4.69) is 18.9 Å². The fraction of sp³-hybridized carbons (Fsp3) is 0.500. The van der Waals surface area contributed by atoms with E-state index in [9.17, 15) is 4.79 Å². The first-order valence-electron chi connectivity index (χ1n) is 6.11. The molecule has 0 aliphatic carbocycles. The van der Waals surface area contributed by atoms with Crippen LogP contribution in [0.2, 0.25) is 0 Å². The zero-order valence-corrected chi connectivity index (χ0v) is 10.4. The number of ether oxygens (including phenoxy) is 1. The van der Waals surface area contributed by atoms with Crippen molar-refractivity contribution in [3.05, 3.63) is 35.9 Å². The van der Waals surface area contributed by atoms with Crippen LogP contribution in [0.15, 0.2) is 30.3 Å². The second-order valence-electron chi connectivity index (χ2n) is 4.84. The third-order valence-electron chi connectivity index (χ3n) is 3.30. The van der Waals surface area contributed by atoms with Crippen LogP contribution in [0.5, 0.6) is 0 Å². The Morgan fingerprint density at radius 3 is 2.71 bits per heavy atom. The SMILES string of the molecule is CC1CN(C)CC[C@H]1OC(=O)c1ccccc1. The Bertz CT molecular complexity index is 377. The molecule has 1 saturated heterocycles.